The Morgan fingerprint density at radius 1 is 1.32 bits per heavy atom. The lowest BCUT2D eigenvalue weighted by Crippen LogP contribution is -2.54. The van der Waals surface area contributed by atoms with Crippen molar-refractivity contribution < 1.29 is 14.3 Å². The molecular formula is C16H20N4O5. The van der Waals surface area contributed by atoms with E-state index < -0.39 is 17.2 Å². The van der Waals surface area contributed by atoms with E-state index in [2.05, 4.69) is 9.88 Å². The van der Waals surface area contributed by atoms with Crippen molar-refractivity contribution in [1.82, 2.24) is 19.8 Å². The molecule has 3 heterocycles. The van der Waals surface area contributed by atoms with Gasteiger partial charge in [0.1, 0.15) is 11.5 Å². The first kappa shape index (κ1) is 17.2. The van der Waals surface area contributed by atoms with Crippen molar-refractivity contribution in [2.45, 2.75) is 19.0 Å². The summed E-state index contributed by atoms with van der Waals surface area (Å²) in [7, 11) is 0. The molecule has 1 atom stereocenters. The van der Waals surface area contributed by atoms with Gasteiger partial charge in [-0.25, -0.2) is 4.79 Å². The van der Waals surface area contributed by atoms with Gasteiger partial charge in [0, 0.05) is 38.3 Å². The first-order valence-corrected chi connectivity index (χ1v) is 8.07. The first-order valence-electron chi connectivity index (χ1n) is 8.07. The summed E-state index contributed by atoms with van der Waals surface area (Å²) in [5, 5.41) is 9.33. The van der Waals surface area contributed by atoms with Crippen LogP contribution in [0.25, 0.3) is 0 Å². The van der Waals surface area contributed by atoms with Gasteiger partial charge >= 0.3 is 5.69 Å². The molecule has 1 aliphatic heterocycles. The fraction of sp³-hybridized carbons (Fsp3) is 0.438. The second kappa shape index (κ2) is 7.49. The summed E-state index contributed by atoms with van der Waals surface area (Å²) < 4.78 is 5.37. The summed E-state index contributed by atoms with van der Waals surface area (Å²) in [4.78, 5) is 43.5. The number of H-pyrrole nitrogens is 2. The normalized spacial score (nSPS) is 18.4. The topological polar surface area (TPSA) is 123 Å². The monoisotopic (exact) mass is 348 g/mol. The number of aliphatic hydroxyl groups excluding tert-OH is 1. The Morgan fingerprint density at radius 2 is 2.16 bits per heavy atom. The zero-order valence-electron chi connectivity index (χ0n) is 13.6. The van der Waals surface area contributed by atoms with Gasteiger partial charge in [-0.15, -0.1) is 0 Å². The number of carbonyl (C=O) groups excluding carboxylic acids is 1. The highest BCUT2D eigenvalue weighted by molar-refractivity contribution is 5.92. The zero-order chi connectivity index (χ0) is 17.8. The van der Waals surface area contributed by atoms with Crippen molar-refractivity contribution in [3.05, 3.63) is 56.8 Å². The molecule has 3 rings (SSSR count). The molecular weight excluding hydrogens is 328 g/mol. The average molecular weight is 348 g/mol. The molecule has 1 saturated heterocycles. The third-order valence-corrected chi connectivity index (χ3v) is 4.28. The number of rotatable bonds is 5. The molecule has 9 heteroatoms. The highest BCUT2D eigenvalue weighted by Crippen LogP contribution is 2.18. The van der Waals surface area contributed by atoms with Crippen molar-refractivity contribution in [2.24, 2.45) is 0 Å². The van der Waals surface area contributed by atoms with Crippen LogP contribution in [0, 0.1) is 0 Å². The third kappa shape index (κ3) is 4.06. The molecule has 0 aromatic carbocycles. The van der Waals surface area contributed by atoms with Crippen molar-refractivity contribution >= 4 is 5.91 Å². The standard InChI is InChI=1S/C16H20N4O5/c21-6-3-11-9-20(5-4-19(11)10-12-2-1-7-25-12)15(23)13-8-14(22)18-16(24)17-13/h1-2,7-8,11,21H,3-6,9-10H2,(H2,17,18,22,24)/t11-/m0/s1. The van der Waals surface area contributed by atoms with E-state index in [0.717, 1.165) is 11.8 Å². The molecule has 1 aliphatic rings. The van der Waals surface area contributed by atoms with Crippen LogP contribution in [-0.2, 0) is 6.54 Å². The Labute approximate surface area is 142 Å². The summed E-state index contributed by atoms with van der Waals surface area (Å²) in [6.07, 6.45) is 2.12. The maximum absolute atomic E-state index is 12.6. The van der Waals surface area contributed by atoms with E-state index in [1.807, 2.05) is 17.1 Å². The Balaban J connectivity index is 1.73. The number of aliphatic hydroxyl groups is 1. The van der Waals surface area contributed by atoms with E-state index in [-0.39, 0.29) is 18.3 Å². The molecule has 2 aromatic heterocycles. The number of nitrogens with one attached hydrogen (secondary N) is 2. The molecule has 1 amide bonds. The first-order chi connectivity index (χ1) is 12.1. The largest absolute Gasteiger partial charge is 0.468 e. The van der Waals surface area contributed by atoms with Gasteiger partial charge in [0.15, 0.2) is 0 Å². The van der Waals surface area contributed by atoms with Crippen LogP contribution >= 0.6 is 0 Å². The van der Waals surface area contributed by atoms with Gasteiger partial charge in [0.2, 0.25) is 0 Å². The minimum atomic E-state index is -0.709. The number of hydrogen-bond donors (Lipinski definition) is 3. The van der Waals surface area contributed by atoms with Crippen LogP contribution in [0.2, 0.25) is 0 Å². The minimum absolute atomic E-state index is 0.00316. The molecule has 0 spiro atoms. The predicted molar refractivity (Wildman–Crippen MR) is 88.2 cm³/mol. The number of furan rings is 1. The Hall–Kier alpha value is -2.65. The van der Waals surface area contributed by atoms with E-state index in [1.54, 1.807) is 11.2 Å². The molecule has 0 radical (unpaired) electrons. The summed E-state index contributed by atoms with van der Waals surface area (Å²) >= 11 is 0. The van der Waals surface area contributed by atoms with Crippen LogP contribution in [0.3, 0.4) is 0 Å². The van der Waals surface area contributed by atoms with Crippen LogP contribution in [0.15, 0.2) is 38.5 Å². The van der Waals surface area contributed by atoms with Crippen LogP contribution in [0.1, 0.15) is 22.7 Å². The van der Waals surface area contributed by atoms with Crippen molar-refractivity contribution in [1.29, 1.82) is 0 Å². The lowest BCUT2D eigenvalue weighted by atomic mass is 10.1. The van der Waals surface area contributed by atoms with E-state index in [4.69, 9.17) is 4.42 Å². The molecule has 0 aliphatic carbocycles. The summed E-state index contributed by atoms with van der Waals surface area (Å²) in [5.41, 5.74) is -1.36. The summed E-state index contributed by atoms with van der Waals surface area (Å²) in [6, 6.07) is 4.75. The van der Waals surface area contributed by atoms with Gasteiger partial charge in [-0.1, -0.05) is 0 Å². The second-order valence-electron chi connectivity index (χ2n) is 5.97. The predicted octanol–water partition coefficient (Wildman–Crippen LogP) is -0.635. The average Bonchev–Trinajstić information content (AvgIpc) is 3.08. The molecule has 2 aromatic rings. The number of nitrogens with zero attached hydrogens (tertiary/aromatic N) is 2. The molecule has 0 saturated carbocycles. The zero-order valence-corrected chi connectivity index (χ0v) is 13.6. The molecule has 25 heavy (non-hydrogen) atoms. The maximum atomic E-state index is 12.6. The summed E-state index contributed by atoms with van der Waals surface area (Å²) in [6.45, 7) is 2.06. The van der Waals surface area contributed by atoms with Gasteiger partial charge in [0.05, 0.1) is 12.8 Å². The van der Waals surface area contributed by atoms with Gasteiger partial charge in [0.25, 0.3) is 11.5 Å². The fourth-order valence-corrected chi connectivity index (χ4v) is 3.07. The van der Waals surface area contributed by atoms with Gasteiger partial charge in [-0.05, 0) is 18.6 Å². The maximum Gasteiger partial charge on any atom is 0.326 e. The molecule has 1 fully saturated rings. The molecule has 9 nitrogen and oxygen atoms in total. The van der Waals surface area contributed by atoms with Crippen LogP contribution in [0.4, 0.5) is 0 Å². The lowest BCUT2D eigenvalue weighted by molar-refractivity contribution is 0.0368. The number of aromatic nitrogens is 2. The number of carbonyl (C=O) groups is 1. The Bertz CT molecular complexity index is 797. The van der Waals surface area contributed by atoms with Gasteiger partial charge in [-0.2, -0.15) is 0 Å². The van der Waals surface area contributed by atoms with Crippen LogP contribution in [0.5, 0.6) is 0 Å². The number of piperazine rings is 1. The summed E-state index contributed by atoms with van der Waals surface area (Å²) in [5.74, 6) is 0.422. The molecule has 134 valence electrons. The van der Waals surface area contributed by atoms with Gasteiger partial charge in [-0.3, -0.25) is 19.5 Å². The molecule has 3 N–H and O–H groups in total. The quantitative estimate of drug-likeness (QED) is 0.661. The highest BCUT2D eigenvalue weighted by Gasteiger charge is 2.30. The van der Waals surface area contributed by atoms with E-state index in [9.17, 15) is 19.5 Å². The number of amides is 1. The highest BCUT2D eigenvalue weighted by atomic mass is 16.3. The van der Waals surface area contributed by atoms with E-state index >= 15 is 0 Å². The van der Waals surface area contributed by atoms with Crippen molar-refractivity contribution in [2.75, 3.05) is 26.2 Å². The van der Waals surface area contributed by atoms with Crippen molar-refractivity contribution in [3.63, 3.8) is 0 Å². The molecule has 0 bridgehead atoms. The van der Waals surface area contributed by atoms with Crippen LogP contribution < -0.4 is 11.2 Å². The minimum Gasteiger partial charge on any atom is -0.468 e. The SMILES string of the molecule is O=C(c1cc(=O)[nH]c(=O)[nH]1)N1CCN(Cc2ccco2)[C@@H](CCO)C1. The third-order valence-electron chi connectivity index (χ3n) is 4.28. The smallest absolute Gasteiger partial charge is 0.326 e. The lowest BCUT2D eigenvalue weighted by Gasteiger charge is -2.41. The van der Waals surface area contributed by atoms with Crippen LogP contribution in [-0.4, -0.2) is 63.1 Å². The van der Waals surface area contributed by atoms with Crippen molar-refractivity contribution in [3.8, 4) is 0 Å². The van der Waals surface area contributed by atoms with E-state index in [0.29, 0.717) is 32.6 Å². The second-order valence-corrected chi connectivity index (χ2v) is 5.97. The number of aromatic amines is 2. The number of hydrogen-bond acceptors (Lipinski definition) is 6. The van der Waals surface area contributed by atoms with E-state index in [1.165, 1.54) is 0 Å². The Morgan fingerprint density at radius 3 is 2.84 bits per heavy atom. The fourth-order valence-electron chi connectivity index (χ4n) is 3.07. The van der Waals surface area contributed by atoms with Gasteiger partial charge < -0.3 is 19.4 Å². The Kier molecular flexibility index (Phi) is 5.15. The molecule has 0 unspecified atom stereocenters.